The summed E-state index contributed by atoms with van der Waals surface area (Å²) in [4.78, 5) is 15.7. The Morgan fingerprint density at radius 1 is 1.29 bits per heavy atom. The molecular formula is C16H19ClN2OS. The van der Waals surface area contributed by atoms with E-state index in [9.17, 15) is 4.79 Å². The van der Waals surface area contributed by atoms with Gasteiger partial charge in [-0.2, -0.15) is 0 Å². The molecule has 0 radical (unpaired) electrons. The molecule has 5 heteroatoms. The monoisotopic (exact) mass is 322 g/mol. The largest absolute Gasteiger partial charge is 0.334 e. The SMILES string of the molecule is CCN(Cc1ccc(Cl)s1)C(=O)c1ccccc1CCN. The Balaban J connectivity index is 2.20. The number of carbonyl (C=O) groups excluding carboxylic acids is 1. The summed E-state index contributed by atoms with van der Waals surface area (Å²) < 4.78 is 0.747. The highest BCUT2D eigenvalue weighted by atomic mass is 35.5. The minimum atomic E-state index is 0.0473. The van der Waals surface area contributed by atoms with Crippen molar-refractivity contribution < 1.29 is 4.79 Å². The van der Waals surface area contributed by atoms with E-state index in [1.807, 2.05) is 48.2 Å². The van der Waals surface area contributed by atoms with Gasteiger partial charge in [-0.1, -0.05) is 29.8 Å². The van der Waals surface area contributed by atoms with Gasteiger partial charge in [0.25, 0.3) is 5.91 Å². The van der Waals surface area contributed by atoms with Crippen LogP contribution < -0.4 is 5.73 Å². The average Bonchev–Trinajstić information content (AvgIpc) is 2.90. The Morgan fingerprint density at radius 3 is 2.67 bits per heavy atom. The van der Waals surface area contributed by atoms with Crippen LogP contribution in [0.15, 0.2) is 36.4 Å². The lowest BCUT2D eigenvalue weighted by Crippen LogP contribution is -2.31. The Kier molecular flexibility index (Phi) is 5.79. The Morgan fingerprint density at radius 2 is 2.05 bits per heavy atom. The predicted molar refractivity (Wildman–Crippen MR) is 88.9 cm³/mol. The van der Waals surface area contributed by atoms with Gasteiger partial charge in [-0.25, -0.2) is 0 Å². The number of carbonyl (C=O) groups is 1. The molecule has 0 unspecified atom stereocenters. The molecule has 1 heterocycles. The number of benzene rings is 1. The van der Waals surface area contributed by atoms with Gasteiger partial charge in [-0.05, 0) is 43.7 Å². The molecule has 0 aliphatic rings. The summed E-state index contributed by atoms with van der Waals surface area (Å²) in [5, 5.41) is 0. The second-order valence-corrected chi connectivity index (χ2v) is 6.52. The van der Waals surface area contributed by atoms with Crippen molar-refractivity contribution in [2.24, 2.45) is 5.73 Å². The molecule has 0 atom stereocenters. The fourth-order valence-corrected chi connectivity index (χ4v) is 3.33. The van der Waals surface area contributed by atoms with Crippen molar-refractivity contribution in [3.05, 3.63) is 56.7 Å². The summed E-state index contributed by atoms with van der Waals surface area (Å²) in [6, 6.07) is 11.5. The topological polar surface area (TPSA) is 46.3 Å². The molecular weight excluding hydrogens is 304 g/mol. The van der Waals surface area contributed by atoms with Crippen LogP contribution in [-0.4, -0.2) is 23.9 Å². The molecule has 2 aromatic rings. The zero-order valence-corrected chi connectivity index (χ0v) is 13.6. The first kappa shape index (κ1) is 16.0. The first-order valence-electron chi connectivity index (χ1n) is 6.97. The van der Waals surface area contributed by atoms with E-state index in [4.69, 9.17) is 17.3 Å². The molecule has 2 N–H and O–H groups in total. The van der Waals surface area contributed by atoms with Crippen molar-refractivity contribution in [1.29, 1.82) is 0 Å². The number of amides is 1. The first-order valence-corrected chi connectivity index (χ1v) is 8.16. The van der Waals surface area contributed by atoms with Crippen LogP contribution in [-0.2, 0) is 13.0 Å². The van der Waals surface area contributed by atoms with Gasteiger partial charge in [-0.15, -0.1) is 11.3 Å². The van der Waals surface area contributed by atoms with Gasteiger partial charge in [0.1, 0.15) is 0 Å². The molecule has 3 nitrogen and oxygen atoms in total. The number of thiophene rings is 1. The van der Waals surface area contributed by atoms with Gasteiger partial charge in [0.15, 0.2) is 0 Å². The lowest BCUT2D eigenvalue weighted by atomic mass is 10.0. The third-order valence-corrected chi connectivity index (χ3v) is 4.52. The van der Waals surface area contributed by atoms with E-state index < -0.39 is 0 Å². The third-order valence-electron chi connectivity index (χ3n) is 3.31. The van der Waals surface area contributed by atoms with E-state index in [0.717, 1.165) is 20.3 Å². The van der Waals surface area contributed by atoms with Gasteiger partial charge >= 0.3 is 0 Å². The molecule has 1 aromatic carbocycles. The van der Waals surface area contributed by atoms with Gasteiger partial charge in [-0.3, -0.25) is 4.79 Å². The van der Waals surface area contributed by atoms with Crippen LogP contribution in [0.3, 0.4) is 0 Å². The van der Waals surface area contributed by atoms with Gasteiger partial charge in [0.2, 0.25) is 0 Å². The standard InChI is InChI=1S/C16H19ClN2OS/c1-2-19(11-13-7-8-15(17)21-13)16(20)14-6-4-3-5-12(14)9-10-18/h3-8H,2,9-11,18H2,1H3. The van der Waals surface area contributed by atoms with Crippen LogP contribution in [0.25, 0.3) is 0 Å². The number of hydrogen-bond acceptors (Lipinski definition) is 3. The molecule has 0 saturated carbocycles. The molecule has 112 valence electrons. The van der Waals surface area contributed by atoms with Crippen molar-refractivity contribution in [2.45, 2.75) is 19.9 Å². The fourth-order valence-electron chi connectivity index (χ4n) is 2.22. The van der Waals surface area contributed by atoms with Gasteiger partial charge < -0.3 is 10.6 Å². The lowest BCUT2D eigenvalue weighted by molar-refractivity contribution is 0.0753. The minimum Gasteiger partial charge on any atom is -0.334 e. The Bertz CT molecular complexity index is 612. The van der Waals surface area contributed by atoms with Crippen molar-refractivity contribution in [3.63, 3.8) is 0 Å². The second kappa shape index (κ2) is 7.59. The summed E-state index contributed by atoms with van der Waals surface area (Å²) in [5.41, 5.74) is 7.38. The maximum absolute atomic E-state index is 12.7. The molecule has 2 rings (SSSR count). The van der Waals surface area contributed by atoms with E-state index >= 15 is 0 Å². The number of nitrogens with two attached hydrogens (primary N) is 1. The van der Waals surface area contributed by atoms with Crippen molar-refractivity contribution in [3.8, 4) is 0 Å². The summed E-state index contributed by atoms with van der Waals surface area (Å²) in [6.07, 6.45) is 0.713. The average molecular weight is 323 g/mol. The maximum Gasteiger partial charge on any atom is 0.254 e. The molecule has 1 amide bonds. The van der Waals surface area contributed by atoms with E-state index in [0.29, 0.717) is 26.1 Å². The van der Waals surface area contributed by atoms with Crippen LogP contribution in [0.1, 0.15) is 27.7 Å². The molecule has 0 saturated heterocycles. The van der Waals surface area contributed by atoms with Crippen molar-refractivity contribution >= 4 is 28.8 Å². The third kappa shape index (κ3) is 4.06. The highest BCUT2D eigenvalue weighted by molar-refractivity contribution is 7.16. The molecule has 21 heavy (non-hydrogen) atoms. The normalized spacial score (nSPS) is 10.6. The highest BCUT2D eigenvalue weighted by Crippen LogP contribution is 2.23. The molecule has 1 aromatic heterocycles. The zero-order chi connectivity index (χ0) is 15.2. The van der Waals surface area contributed by atoms with Gasteiger partial charge in [0, 0.05) is 17.0 Å². The smallest absolute Gasteiger partial charge is 0.254 e. The maximum atomic E-state index is 12.7. The molecule has 0 aliphatic heterocycles. The number of nitrogens with zero attached hydrogens (tertiary/aromatic N) is 1. The molecule has 0 aliphatic carbocycles. The van der Waals surface area contributed by atoms with Crippen LogP contribution >= 0.6 is 22.9 Å². The molecule has 0 spiro atoms. The van der Waals surface area contributed by atoms with E-state index in [-0.39, 0.29) is 5.91 Å². The second-order valence-electron chi connectivity index (χ2n) is 4.72. The van der Waals surface area contributed by atoms with Crippen LogP contribution in [0, 0.1) is 0 Å². The number of halogens is 1. The Labute approximate surface area is 134 Å². The summed E-state index contributed by atoms with van der Waals surface area (Å²) >= 11 is 7.46. The summed E-state index contributed by atoms with van der Waals surface area (Å²) in [6.45, 7) is 3.77. The van der Waals surface area contributed by atoms with Gasteiger partial charge in [0.05, 0.1) is 10.9 Å². The summed E-state index contributed by atoms with van der Waals surface area (Å²) in [7, 11) is 0. The predicted octanol–water partition coefficient (Wildman–Crippen LogP) is 3.57. The quantitative estimate of drug-likeness (QED) is 0.883. The lowest BCUT2D eigenvalue weighted by Gasteiger charge is -2.21. The van der Waals surface area contributed by atoms with Crippen molar-refractivity contribution in [1.82, 2.24) is 4.90 Å². The van der Waals surface area contributed by atoms with Crippen LogP contribution in [0.5, 0.6) is 0 Å². The number of hydrogen-bond donors (Lipinski definition) is 1. The Hall–Kier alpha value is -1.36. The fraction of sp³-hybridized carbons (Fsp3) is 0.312. The van der Waals surface area contributed by atoms with Crippen molar-refractivity contribution in [2.75, 3.05) is 13.1 Å². The van der Waals surface area contributed by atoms with Crippen LogP contribution in [0.4, 0.5) is 0 Å². The summed E-state index contributed by atoms with van der Waals surface area (Å²) in [5.74, 6) is 0.0473. The minimum absolute atomic E-state index is 0.0473. The molecule has 0 bridgehead atoms. The van der Waals surface area contributed by atoms with E-state index in [2.05, 4.69) is 0 Å². The highest BCUT2D eigenvalue weighted by Gasteiger charge is 2.17. The van der Waals surface area contributed by atoms with E-state index in [1.54, 1.807) is 0 Å². The van der Waals surface area contributed by atoms with Crippen LogP contribution in [0.2, 0.25) is 4.34 Å². The van der Waals surface area contributed by atoms with E-state index in [1.165, 1.54) is 11.3 Å². The first-order chi connectivity index (χ1) is 10.2. The molecule has 0 fully saturated rings. The number of rotatable bonds is 6. The zero-order valence-electron chi connectivity index (χ0n) is 12.0.